The molecule has 3 N–H and O–H groups in total. The number of nitrogens with two attached hydrogens (primary N) is 1. The van der Waals surface area contributed by atoms with Crippen molar-refractivity contribution in [1.82, 2.24) is 15.0 Å². The van der Waals surface area contributed by atoms with Crippen LogP contribution in [0.3, 0.4) is 0 Å². The Labute approximate surface area is 114 Å². The molecule has 0 unspecified atom stereocenters. The lowest BCUT2D eigenvalue weighted by atomic mass is 10.3. The highest BCUT2D eigenvalue weighted by atomic mass is 32.1. The van der Waals surface area contributed by atoms with Crippen molar-refractivity contribution in [3.8, 4) is 0 Å². The summed E-state index contributed by atoms with van der Waals surface area (Å²) >= 11 is 1.34. The van der Waals surface area contributed by atoms with Crippen molar-refractivity contribution < 1.29 is 9.32 Å². The Balaban J connectivity index is 1.94. The van der Waals surface area contributed by atoms with Gasteiger partial charge in [0, 0.05) is 27.1 Å². The quantitative estimate of drug-likeness (QED) is 0.850. The Bertz CT molecular complexity index is 549. The zero-order chi connectivity index (χ0) is 13.8. The van der Waals surface area contributed by atoms with E-state index in [2.05, 4.69) is 20.0 Å². The maximum Gasteiger partial charge on any atom is 0.265 e. The van der Waals surface area contributed by atoms with Gasteiger partial charge in [0.1, 0.15) is 4.88 Å². The number of amides is 1. The van der Waals surface area contributed by atoms with E-state index in [4.69, 9.17) is 5.73 Å². The monoisotopic (exact) mass is 281 g/mol. The summed E-state index contributed by atoms with van der Waals surface area (Å²) in [5, 5.41) is 7.75. The third kappa shape index (κ3) is 3.22. The topological polar surface area (TPSA) is 97.3 Å². The van der Waals surface area contributed by atoms with Crippen LogP contribution in [0.4, 0.5) is 10.7 Å². The molecule has 2 rings (SSSR count). The van der Waals surface area contributed by atoms with Crippen LogP contribution in [0.5, 0.6) is 0 Å². The number of carbonyl (C=O) groups excluding carboxylic acids is 1. The van der Waals surface area contributed by atoms with E-state index < -0.39 is 0 Å². The third-order valence-corrected chi connectivity index (χ3v) is 3.51. The Hall–Kier alpha value is -2.09. The highest BCUT2D eigenvalue weighted by Crippen LogP contribution is 2.29. The fourth-order valence-corrected chi connectivity index (χ4v) is 2.49. The van der Waals surface area contributed by atoms with Crippen molar-refractivity contribution in [2.75, 3.05) is 31.7 Å². The molecule has 0 aliphatic rings. The van der Waals surface area contributed by atoms with Crippen LogP contribution in [0.2, 0.25) is 0 Å². The Morgan fingerprint density at radius 3 is 3.00 bits per heavy atom. The molecule has 0 fully saturated rings. The van der Waals surface area contributed by atoms with Crippen molar-refractivity contribution >= 4 is 27.9 Å². The molecule has 0 spiro atoms. The molecule has 0 atom stereocenters. The highest BCUT2D eigenvalue weighted by molar-refractivity contribution is 7.18. The third-order valence-electron chi connectivity index (χ3n) is 2.42. The van der Waals surface area contributed by atoms with Crippen LogP contribution in [-0.4, -0.2) is 41.6 Å². The van der Waals surface area contributed by atoms with E-state index in [1.165, 1.54) is 22.6 Å². The number of anilines is 2. The van der Waals surface area contributed by atoms with Gasteiger partial charge in [0.2, 0.25) is 6.39 Å². The zero-order valence-electron chi connectivity index (χ0n) is 10.7. The minimum Gasteiger partial charge on any atom is -0.397 e. The van der Waals surface area contributed by atoms with Crippen molar-refractivity contribution in [3.63, 3.8) is 0 Å². The predicted molar refractivity (Wildman–Crippen MR) is 73.2 cm³/mol. The van der Waals surface area contributed by atoms with E-state index in [9.17, 15) is 4.79 Å². The molecule has 2 aromatic heterocycles. The summed E-state index contributed by atoms with van der Waals surface area (Å²) in [6.45, 7) is 0.648. The second-order valence-corrected chi connectivity index (χ2v) is 5.17. The van der Waals surface area contributed by atoms with Crippen LogP contribution in [0.15, 0.2) is 17.0 Å². The molecule has 2 aromatic rings. The summed E-state index contributed by atoms with van der Waals surface area (Å²) in [4.78, 5) is 17.8. The summed E-state index contributed by atoms with van der Waals surface area (Å²) < 4.78 is 4.64. The van der Waals surface area contributed by atoms with E-state index >= 15 is 0 Å². The molecular weight excluding hydrogens is 266 g/mol. The zero-order valence-corrected chi connectivity index (χ0v) is 11.5. The van der Waals surface area contributed by atoms with E-state index in [1.807, 2.05) is 0 Å². The van der Waals surface area contributed by atoms with Gasteiger partial charge < -0.3 is 20.5 Å². The minimum absolute atomic E-state index is 0.0892. The summed E-state index contributed by atoms with van der Waals surface area (Å²) in [7, 11) is 3.40. The second kappa shape index (κ2) is 5.70. The van der Waals surface area contributed by atoms with Gasteiger partial charge in [-0.25, -0.2) is 0 Å². The maximum atomic E-state index is 11.8. The average molecular weight is 281 g/mol. The predicted octanol–water partition coefficient (Wildman–Crippen LogP) is 1.07. The van der Waals surface area contributed by atoms with Crippen LogP contribution < -0.4 is 11.1 Å². The molecule has 7 nitrogen and oxygen atoms in total. The van der Waals surface area contributed by atoms with Gasteiger partial charge in [0.25, 0.3) is 5.91 Å². The molecule has 0 saturated heterocycles. The van der Waals surface area contributed by atoms with Crippen LogP contribution in [0.25, 0.3) is 0 Å². The lowest BCUT2D eigenvalue weighted by Crippen LogP contribution is -2.21. The number of carbonyl (C=O) groups is 1. The molecule has 0 aromatic carbocycles. The number of nitrogens with one attached hydrogen (secondary N) is 1. The fourth-order valence-electron chi connectivity index (χ4n) is 1.46. The van der Waals surface area contributed by atoms with Crippen LogP contribution in [-0.2, 0) is 6.42 Å². The molecule has 0 saturated carbocycles. The number of rotatable bonds is 5. The van der Waals surface area contributed by atoms with Gasteiger partial charge in [-0.2, -0.15) is 4.98 Å². The molecule has 19 heavy (non-hydrogen) atoms. The first kappa shape index (κ1) is 13.3. The van der Waals surface area contributed by atoms with Gasteiger partial charge in [0.15, 0.2) is 5.82 Å². The smallest absolute Gasteiger partial charge is 0.265 e. The second-order valence-electron chi connectivity index (χ2n) is 4.12. The first-order valence-electron chi connectivity index (χ1n) is 5.68. The van der Waals surface area contributed by atoms with E-state index in [-0.39, 0.29) is 5.91 Å². The molecule has 0 aliphatic carbocycles. The van der Waals surface area contributed by atoms with Gasteiger partial charge in [-0.15, -0.1) is 11.3 Å². The Morgan fingerprint density at radius 2 is 2.37 bits per heavy atom. The van der Waals surface area contributed by atoms with E-state index in [1.54, 1.807) is 20.2 Å². The summed E-state index contributed by atoms with van der Waals surface area (Å²) in [5.41, 5.74) is 6.32. The maximum absolute atomic E-state index is 11.8. The van der Waals surface area contributed by atoms with Gasteiger partial charge in [-0.05, 0) is 6.07 Å². The van der Waals surface area contributed by atoms with Gasteiger partial charge in [-0.1, -0.05) is 5.16 Å². The average Bonchev–Trinajstić information content (AvgIpc) is 2.98. The number of nitrogen functional groups attached to an aromatic ring is 1. The van der Waals surface area contributed by atoms with Crippen molar-refractivity contribution in [1.29, 1.82) is 0 Å². The van der Waals surface area contributed by atoms with Crippen molar-refractivity contribution in [2.45, 2.75) is 6.42 Å². The number of hydrogen-bond donors (Lipinski definition) is 2. The van der Waals surface area contributed by atoms with Crippen LogP contribution >= 0.6 is 11.3 Å². The summed E-state index contributed by atoms with van der Waals surface area (Å²) in [5.74, 6) is 0.551. The summed E-state index contributed by atoms with van der Waals surface area (Å²) in [6, 6.07) is 1.76. The van der Waals surface area contributed by atoms with Crippen molar-refractivity contribution in [2.24, 2.45) is 0 Å². The van der Waals surface area contributed by atoms with Gasteiger partial charge in [0.05, 0.1) is 10.7 Å². The largest absolute Gasteiger partial charge is 0.397 e. The van der Waals surface area contributed by atoms with Crippen LogP contribution in [0, 0.1) is 0 Å². The molecule has 1 amide bonds. The number of thiophene rings is 1. The summed E-state index contributed by atoms with van der Waals surface area (Å²) in [6.07, 6.45) is 1.94. The molecule has 0 aliphatic heterocycles. The van der Waals surface area contributed by atoms with Crippen molar-refractivity contribution in [3.05, 3.63) is 23.2 Å². The molecule has 0 bridgehead atoms. The number of nitrogens with zero attached hydrogens (tertiary/aromatic N) is 3. The SMILES string of the molecule is CN(C)C(=O)c1sc(NCCc2ncon2)cc1N. The fraction of sp³-hybridized carbons (Fsp3) is 0.364. The molecule has 0 radical (unpaired) electrons. The lowest BCUT2D eigenvalue weighted by Gasteiger charge is -2.08. The molecule has 2 heterocycles. The van der Waals surface area contributed by atoms with Gasteiger partial charge in [-0.3, -0.25) is 4.79 Å². The van der Waals surface area contributed by atoms with E-state index in [0.29, 0.717) is 29.4 Å². The minimum atomic E-state index is -0.0892. The Kier molecular flexibility index (Phi) is 4.00. The molecule has 8 heteroatoms. The van der Waals surface area contributed by atoms with Crippen LogP contribution in [0.1, 0.15) is 15.5 Å². The van der Waals surface area contributed by atoms with E-state index in [0.717, 1.165) is 5.00 Å². The lowest BCUT2D eigenvalue weighted by molar-refractivity contribution is 0.0833. The Morgan fingerprint density at radius 1 is 1.58 bits per heavy atom. The first-order valence-corrected chi connectivity index (χ1v) is 6.49. The number of aromatic nitrogens is 2. The standard InChI is InChI=1S/C11H15N5O2S/c1-16(2)11(17)10-7(12)5-9(19-10)13-4-3-8-14-6-18-15-8/h5-6,13H,3-4,12H2,1-2H3. The molecular formula is C11H15N5O2S. The first-order chi connectivity index (χ1) is 9.08. The normalized spacial score (nSPS) is 10.4. The molecule has 102 valence electrons. The van der Waals surface area contributed by atoms with Gasteiger partial charge >= 0.3 is 0 Å². The highest BCUT2D eigenvalue weighted by Gasteiger charge is 2.15. The number of hydrogen-bond acceptors (Lipinski definition) is 7.